The Kier molecular flexibility index (Phi) is 5.40. The molecule has 1 saturated heterocycles. The van der Waals surface area contributed by atoms with E-state index in [-0.39, 0.29) is 17.5 Å². The van der Waals surface area contributed by atoms with E-state index in [9.17, 15) is 9.18 Å². The van der Waals surface area contributed by atoms with Crippen molar-refractivity contribution in [2.45, 2.75) is 45.2 Å². The highest BCUT2D eigenvalue weighted by Crippen LogP contribution is 2.33. The quantitative estimate of drug-likeness (QED) is 0.788. The first-order valence-electron chi connectivity index (χ1n) is 7.87. The molecular formula is C17H25FN2O2. The molecule has 4 nitrogen and oxygen atoms in total. The second-order valence-electron chi connectivity index (χ2n) is 5.99. The molecule has 1 fully saturated rings. The lowest BCUT2D eigenvalue weighted by molar-refractivity contribution is -0.141. The molecule has 22 heavy (non-hydrogen) atoms. The van der Waals surface area contributed by atoms with Gasteiger partial charge in [0.25, 0.3) is 0 Å². The Labute approximate surface area is 131 Å². The predicted octanol–water partition coefficient (Wildman–Crippen LogP) is 2.72. The van der Waals surface area contributed by atoms with Crippen LogP contribution in [0.2, 0.25) is 0 Å². The maximum Gasteiger partial charge on any atom is 0.240 e. The maximum atomic E-state index is 14.2. The largest absolute Gasteiger partial charge is 0.494 e. The Morgan fingerprint density at radius 3 is 2.86 bits per heavy atom. The number of amides is 1. The average Bonchev–Trinajstić information content (AvgIpc) is 2.52. The molecule has 1 aliphatic heterocycles. The molecule has 1 amide bonds. The molecule has 1 atom stereocenters. The van der Waals surface area contributed by atoms with Gasteiger partial charge < -0.3 is 10.1 Å². The van der Waals surface area contributed by atoms with Crippen LogP contribution in [0.1, 0.15) is 38.7 Å². The number of hydrogen-bond acceptors (Lipinski definition) is 3. The third-order valence-corrected chi connectivity index (χ3v) is 4.50. The van der Waals surface area contributed by atoms with Gasteiger partial charge in [-0.15, -0.1) is 0 Å². The van der Waals surface area contributed by atoms with Gasteiger partial charge in [-0.2, -0.15) is 0 Å². The molecule has 1 heterocycles. The van der Waals surface area contributed by atoms with Gasteiger partial charge in [0.2, 0.25) is 5.91 Å². The van der Waals surface area contributed by atoms with Gasteiger partial charge in [0.15, 0.2) is 11.6 Å². The van der Waals surface area contributed by atoms with E-state index in [1.807, 2.05) is 11.8 Å². The predicted molar refractivity (Wildman–Crippen MR) is 84.3 cm³/mol. The monoisotopic (exact) mass is 308 g/mol. The number of hydrogen-bond donors (Lipinski definition) is 1. The van der Waals surface area contributed by atoms with Crippen molar-refractivity contribution in [1.29, 1.82) is 0 Å². The molecule has 1 aromatic rings. The highest BCUT2D eigenvalue weighted by atomic mass is 19.1. The van der Waals surface area contributed by atoms with E-state index in [1.165, 1.54) is 7.11 Å². The van der Waals surface area contributed by atoms with Gasteiger partial charge >= 0.3 is 0 Å². The van der Waals surface area contributed by atoms with Crippen LogP contribution in [0.4, 0.5) is 4.39 Å². The fraction of sp³-hybridized carbons (Fsp3) is 0.588. The van der Waals surface area contributed by atoms with Crippen molar-refractivity contribution in [2.24, 2.45) is 0 Å². The summed E-state index contributed by atoms with van der Waals surface area (Å²) in [5, 5.41) is 2.98. The lowest BCUT2D eigenvalue weighted by Crippen LogP contribution is -2.65. The number of carbonyl (C=O) groups excluding carboxylic acids is 1. The number of ether oxygens (including phenoxy) is 1. The summed E-state index contributed by atoms with van der Waals surface area (Å²) < 4.78 is 19.3. The van der Waals surface area contributed by atoms with Gasteiger partial charge in [-0.1, -0.05) is 25.5 Å². The van der Waals surface area contributed by atoms with Crippen molar-refractivity contribution < 1.29 is 13.9 Å². The highest BCUT2D eigenvalue weighted by molar-refractivity contribution is 5.86. The van der Waals surface area contributed by atoms with Crippen molar-refractivity contribution >= 4 is 5.91 Å². The van der Waals surface area contributed by atoms with Crippen molar-refractivity contribution in [1.82, 2.24) is 10.2 Å². The molecule has 0 spiro atoms. The Balaban J connectivity index is 2.03. The summed E-state index contributed by atoms with van der Waals surface area (Å²) in [4.78, 5) is 14.4. The van der Waals surface area contributed by atoms with E-state index in [0.29, 0.717) is 18.7 Å². The number of unbranched alkanes of at least 4 members (excludes halogenated alkanes) is 1. The van der Waals surface area contributed by atoms with Crippen LogP contribution in [0, 0.1) is 5.82 Å². The zero-order valence-corrected chi connectivity index (χ0v) is 13.6. The van der Waals surface area contributed by atoms with E-state index in [2.05, 4.69) is 12.2 Å². The standard InChI is InChI=1S/C17H25FN2O2/c1-4-5-10-19-16(21)17(2)9-11-20(17)12-13-7-6-8-14(22-3)15(13)18/h6-8H,4-5,9-12H2,1-3H3,(H,19,21). The Morgan fingerprint density at radius 2 is 2.27 bits per heavy atom. The molecule has 1 aliphatic rings. The summed E-state index contributed by atoms with van der Waals surface area (Å²) in [5.41, 5.74) is 0.0233. The summed E-state index contributed by atoms with van der Waals surface area (Å²) in [6.07, 6.45) is 2.83. The minimum absolute atomic E-state index is 0.0375. The van der Waals surface area contributed by atoms with E-state index in [4.69, 9.17) is 4.74 Å². The lowest BCUT2D eigenvalue weighted by Gasteiger charge is -2.49. The van der Waals surface area contributed by atoms with Crippen LogP contribution >= 0.6 is 0 Å². The molecule has 0 saturated carbocycles. The smallest absolute Gasteiger partial charge is 0.240 e. The Hall–Kier alpha value is -1.62. The zero-order chi connectivity index (χ0) is 16.2. The van der Waals surface area contributed by atoms with Gasteiger partial charge in [-0.3, -0.25) is 9.69 Å². The topological polar surface area (TPSA) is 41.6 Å². The Morgan fingerprint density at radius 1 is 1.50 bits per heavy atom. The minimum Gasteiger partial charge on any atom is -0.494 e. The normalized spacial score (nSPS) is 21.3. The van der Waals surface area contributed by atoms with Crippen molar-refractivity contribution in [3.05, 3.63) is 29.6 Å². The number of rotatable bonds is 7. The molecule has 0 aromatic heterocycles. The lowest BCUT2D eigenvalue weighted by atomic mass is 9.85. The van der Waals surface area contributed by atoms with Crippen LogP contribution < -0.4 is 10.1 Å². The van der Waals surface area contributed by atoms with Crippen molar-refractivity contribution in [3.8, 4) is 5.75 Å². The van der Waals surface area contributed by atoms with Gasteiger partial charge in [0.05, 0.1) is 12.6 Å². The maximum absolute atomic E-state index is 14.2. The van der Waals surface area contributed by atoms with Gasteiger partial charge in [-0.05, 0) is 25.8 Å². The number of nitrogens with one attached hydrogen (secondary N) is 1. The highest BCUT2D eigenvalue weighted by Gasteiger charge is 2.46. The third-order valence-electron chi connectivity index (χ3n) is 4.50. The first kappa shape index (κ1) is 16.7. The fourth-order valence-corrected chi connectivity index (χ4v) is 2.73. The second-order valence-corrected chi connectivity index (χ2v) is 5.99. The van der Waals surface area contributed by atoms with Crippen molar-refractivity contribution in [2.75, 3.05) is 20.2 Å². The van der Waals surface area contributed by atoms with Gasteiger partial charge in [0, 0.05) is 25.2 Å². The molecule has 1 aromatic carbocycles. The number of likely N-dealkylation sites (tertiary alicyclic amines) is 1. The molecule has 5 heteroatoms. The summed E-state index contributed by atoms with van der Waals surface area (Å²) in [7, 11) is 1.46. The van der Waals surface area contributed by atoms with E-state index in [1.54, 1.807) is 18.2 Å². The number of carbonyl (C=O) groups is 1. The molecule has 2 rings (SSSR count). The van der Waals surface area contributed by atoms with Gasteiger partial charge in [-0.25, -0.2) is 4.39 Å². The average molecular weight is 308 g/mol. The summed E-state index contributed by atoms with van der Waals surface area (Å²) in [6.45, 7) is 5.94. The summed E-state index contributed by atoms with van der Waals surface area (Å²) in [5.74, 6) is -0.0618. The third kappa shape index (κ3) is 3.24. The molecule has 0 bridgehead atoms. The number of benzene rings is 1. The number of halogens is 1. The van der Waals surface area contributed by atoms with Crippen LogP contribution in [0.25, 0.3) is 0 Å². The molecule has 1 N–H and O–H groups in total. The van der Waals surface area contributed by atoms with Crippen LogP contribution in [0.5, 0.6) is 5.75 Å². The van der Waals surface area contributed by atoms with E-state index < -0.39 is 5.54 Å². The first-order valence-corrected chi connectivity index (χ1v) is 7.87. The van der Waals surface area contributed by atoms with E-state index >= 15 is 0 Å². The van der Waals surface area contributed by atoms with Gasteiger partial charge in [0.1, 0.15) is 0 Å². The number of nitrogens with zero attached hydrogens (tertiary/aromatic N) is 1. The molecule has 0 radical (unpaired) electrons. The molecule has 122 valence electrons. The summed E-state index contributed by atoms with van der Waals surface area (Å²) in [6, 6.07) is 5.12. The summed E-state index contributed by atoms with van der Waals surface area (Å²) >= 11 is 0. The molecular weight excluding hydrogens is 283 g/mol. The number of methoxy groups -OCH3 is 1. The van der Waals surface area contributed by atoms with Crippen LogP contribution in [0.3, 0.4) is 0 Å². The molecule has 0 aliphatic carbocycles. The van der Waals surface area contributed by atoms with Crippen LogP contribution in [-0.2, 0) is 11.3 Å². The SMILES string of the molecule is CCCCNC(=O)C1(C)CCN1Cc1cccc(OC)c1F. The fourth-order valence-electron chi connectivity index (χ4n) is 2.73. The van der Waals surface area contributed by atoms with Crippen LogP contribution in [0.15, 0.2) is 18.2 Å². The van der Waals surface area contributed by atoms with Crippen molar-refractivity contribution in [3.63, 3.8) is 0 Å². The first-order chi connectivity index (χ1) is 10.5. The molecule has 1 unspecified atom stereocenters. The van der Waals surface area contributed by atoms with Crippen LogP contribution in [-0.4, -0.2) is 36.5 Å². The zero-order valence-electron chi connectivity index (χ0n) is 13.6. The minimum atomic E-state index is -0.538. The van der Waals surface area contributed by atoms with E-state index in [0.717, 1.165) is 25.8 Å². The Bertz CT molecular complexity index is 535. The second kappa shape index (κ2) is 7.09.